The van der Waals surface area contributed by atoms with Crippen molar-refractivity contribution in [1.29, 1.82) is 0 Å². The van der Waals surface area contributed by atoms with Gasteiger partial charge in [0.1, 0.15) is 11.6 Å². The highest BCUT2D eigenvalue weighted by Crippen LogP contribution is 2.32. The van der Waals surface area contributed by atoms with Crippen molar-refractivity contribution in [3.05, 3.63) is 0 Å². The molecule has 0 aromatic heterocycles. The summed E-state index contributed by atoms with van der Waals surface area (Å²) in [5, 5.41) is 0. The van der Waals surface area contributed by atoms with E-state index in [1.165, 1.54) is 0 Å². The van der Waals surface area contributed by atoms with Gasteiger partial charge in [0, 0.05) is 5.92 Å². The van der Waals surface area contributed by atoms with E-state index in [1.54, 1.807) is 6.92 Å². The second-order valence-electron chi connectivity index (χ2n) is 4.49. The molecule has 0 spiro atoms. The monoisotopic (exact) mass is 196 g/mol. The largest absolute Gasteiger partial charge is 0.299 e. The Kier molecular flexibility index (Phi) is 3.85. The molecule has 1 fully saturated rings. The first kappa shape index (κ1) is 11.4. The standard InChI is InChI=1S/C12H20O2/c1-4-8(2)10-6-5-7-11(9(3)13)12(10)14/h8,10-11H,4-7H2,1-3H3. The third kappa shape index (κ3) is 2.23. The molecule has 0 radical (unpaired) electrons. The van der Waals surface area contributed by atoms with Crippen LogP contribution in [-0.2, 0) is 9.59 Å². The highest BCUT2D eigenvalue weighted by molar-refractivity contribution is 6.02. The molecule has 14 heavy (non-hydrogen) atoms. The van der Waals surface area contributed by atoms with Gasteiger partial charge in [-0.15, -0.1) is 0 Å². The first-order valence-electron chi connectivity index (χ1n) is 5.62. The van der Waals surface area contributed by atoms with Crippen LogP contribution in [0.15, 0.2) is 0 Å². The van der Waals surface area contributed by atoms with Crippen LogP contribution in [0, 0.1) is 17.8 Å². The van der Waals surface area contributed by atoms with Crippen molar-refractivity contribution >= 4 is 11.6 Å². The van der Waals surface area contributed by atoms with Crippen molar-refractivity contribution in [3.8, 4) is 0 Å². The number of ketones is 2. The number of hydrogen-bond acceptors (Lipinski definition) is 2. The van der Waals surface area contributed by atoms with Gasteiger partial charge in [-0.1, -0.05) is 26.7 Å². The predicted octanol–water partition coefficient (Wildman–Crippen LogP) is 2.61. The number of carbonyl (C=O) groups is 2. The Morgan fingerprint density at radius 3 is 2.64 bits per heavy atom. The first-order chi connectivity index (χ1) is 6.57. The van der Waals surface area contributed by atoms with Crippen molar-refractivity contribution in [2.45, 2.75) is 46.5 Å². The van der Waals surface area contributed by atoms with E-state index in [1.807, 2.05) is 0 Å². The summed E-state index contributed by atoms with van der Waals surface area (Å²) >= 11 is 0. The molecule has 2 heteroatoms. The minimum Gasteiger partial charge on any atom is -0.299 e. The molecule has 0 aromatic carbocycles. The highest BCUT2D eigenvalue weighted by atomic mass is 16.1. The van der Waals surface area contributed by atoms with E-state index >= 15 is 0 Å². The van der Waals surface area contributed by atoms with Crippen molar-refractivity contribution in [3.63, 3.8) is 0 Å². The van der Waals surface area contributed by atoms with Gasteiger partial charge >= 0.3 is 0 Å². The Morgan fingerprint density at radius 1 is 1.50 bits per heavy atom. The molecule has 2 nitrogen and oxygen atoms in total. The molecule has 80 valence electrons. The van der Waals surface area contributed by atoms with Gasteiger partial charge in [-0.25, -0.2) is 0 Å². The zero-order valence-corrected chi connectivity index (χ0v) is 9.38. The fourth-order valence-electron chi connectivity index (χ4n) is 2.34. The second kappa shape index (κ2) is 4.72. The van der Waals surface area contributed by atoms with Crippen molar-refractivity contribution < 1.29 is 9.59 Å². The molecule has 1 aliphatic carbocycles. The summed E-state index contributed by atoms with van der Waals surface area (Å²) in [6.07, 6.45) is 3.82. The lowest BCUT2D eigenvalue weighted by Gasteiger charge is -2.29. The Bertz CT molecular complexity index is 232. The third-order valence-electron chi connectivity index (χ3n) is 3.54. The fraction of sp³-hybridized carbons (Fsp3) is 0.833. The minimum absolute atomic E-state index is 0.0583. The molecular weight excluding hydrogens is 176 g/mol. The molecule has 0 aliphatic heterocycles. The van der Waals surface area contributed by atoms with Gasteiger partial charge in [0.25, 0.3) is 0 Å². The maximum atomic E-state index is 11.9. The normalized spacial score (nSPS) is 30.1. The second-order valence-corrected chi connectivity index (χ2v) is 4.49. The molecule has 0 aromatic rings. The van der Waals surface area contributed by atoms with Crippen LogP contribution in [0.1, 0.15) is 46.5 Å². The van der Waals surface area contributed by atoms with Crippen LogP contribution in [0.3, 0.4) is 0 Å². The van der Waals surface area contributed by atoms with Crippen LogP contribution in [0.25, 0.3) is 0 Å². The lowest BCUT2D eigenvalue weighted by atomic mass is 9.73. The smallest absolute Gasteiger partial charge is 0.146 e. The maximum absolute atomic E-state index is 11.9. The zero-order chi connectivity index (χ0) is 10.7. The van der Waals surface area contributed by atoms with E-state index in [2.05, 4.69) is 13.8 Å². The van der Waals surface area contributed by atoms with E-state index in [4.69, 9.17) is 0 Å². The summed E-state index contributed by atoms with van der Waals surface area (Å²) in [4.78, 5) is 23.2. The minimum atomic E-state index is -0.289. The topological polar surface area (TPSA) is 34.1 Å². The molecular formula is C12H20O2. The third-order valence-corrected chi connectivity index (χ3v) is 3.54. The number of rotatable bonds is 3. The molecule has 1 rings (SSSR count). The van der Waals surface area contributed by atoms with Crippen LogP contribution in [0.4, 0.5) is 0 Å². The average molecular weight is 196 g/mol. The molecule has 0 N–H and O–H groups in total. The van der Waals surface area contributed by atoms with Gasteiger partial charge in [-0.2, -0.15) is 0 Å². The van der Waals surface area contributed by atoms with Crippen LogP contribution < -0.4 is 0 Å². The Labute approximate surface area is 86.1 Å². The summed E-state index contributed by atoms with van der Waals surface area (Å²) in [5.41, 5.74) is 0. The summed E-state index contributed by atoms with van der Waals surface area (Å²) in [6.45, 7) is 5.77. The van der Waals surface area contributed by atoms with Crippen LogP contribution in [0.2, 0.25) is 0 Å². The SMILES string of the molecule is CCC(C)C1CCCC(C(C)=O)C1=O. The molecule has 3 atom stereocenters. The lowest BCUT2D eigenvalue weighted by molar-refractivity contribution is -0.137. The molecule has 0 saturated heterocycles. The van der Waals surface area contributed by atoms with E-state index in [0.717, 1.165) is 25.7 Å². The van der Waals surface area contributed by atoms with Gasteiger partial charge in [-0.05, 0) is 25.7 Å². The highest BCUT2D eigenvalue weighted by Gasteiger charge is 2.35. The first-order valence-corrected chi connectivity index (χ1v) is 5.62. The van der Waals surface area contributed by atoms with Crippen LogP contribution in [0.5, 0.6) is 0 Å². The average Bonchev–Trinajstić information content (AvgIpc) is 2.16. The number of hydrogen-bond donors (Lipinski definition) is 0. The Hall–Kier alpha value is -0.660. The molecule has 1 aliphatic rings. The summed E-state index contributed by atoms with van der Waals surface area (Å²) in [5.74, 6) is 0.552. The van der Waals surface area contributed by atoms with Crippen molar-refractivity contribution in [2.75, 3.05) is 0 Å². The summed E-state index contributed by atoms with van der Waals surface area (Å²) < 4.78 is 0. The van der Waals surface area contributed by atoms with Gasteiger partial charge in [0.2, 0.25) is 0 Å². The Balaban J connectivity index is 2.71. The van der Waals surface area contributed by atoms with Gasteiger partial charge in [0.15, 0.2) is 0 Å². The molecule has 1 saturated carbocycles. The molecule has 0 bridgehead atoms. The maximum Gasteiger partial charge on any atom is 0.146 e. The van der Waals surface area contributed by atoms with Gasteiger partial charge < -0.3 is 0 Å². The molecule has 3 unspecified atom stereocenters. The van der Waals surface area contributed by atoms with Gasteiger partial charge in [-0.3, -0.25) is 9.59 Å². The Morgan fingerprint density at radius 2 is 2.14 bits per heavy atom. The predicted molar refractivity (Wildman–Crippen MR) is 56.0 cm³/mol. The van der Waals surface area contributed by atoms with Gasteiger partial charge in [0.05, 0.1) is 5.92 Å². The van der Waals surface area contributed by atoms with Crippen LogP contribution in [-0.4, -0.2) is 11.6 Å². The molecule has 0 heterocycles. The number of Topliss-reactive ketones (excluding diaryl/α,β-unsaturated/α-hetero) is 2. The van der Waals surface area contributed by atoms with Crippen molar-refractivity contribution in [2.24, 2.45) is 17.8 Å². The molecule has 0 amide bonds. The van der Waals surface area contributed by atoms with Crippen molar-refractivity contribution in [1.82, 2.24) is 0 Å². The zero-order valence-electron chi connectivity index (χ0n) is 9.38. The summed E-state index contributed by atoms with van der Waals surface area (Å²) in [6, 6.07) is 0. The lowest BCUT2D eigenvalue weighted by Crippen LogP contribution is -2.35. The number of carbonyl (C=O) groups excluding carboxylic acids is 2. The van der Waals surface area contributed by atoms with E-state index in [0.29, 0.717) is 5.92 Å². The quantitative estimate of drug-likeness (QED) is 0.650. The summed E-state index contributed by atoms with van der Waals surface area (Å²) in [7, 11) is 0. The van der Waals surface area contributed by atoms with E-state index < -0.39 is 0 Å². The fourth-order valence-corrected chi connectivity index (χ4v) is 2.34. The van der Waals surface area contributed by atoms with Crippen LogP contribution >= 0.6 is 0 Å². The van der Waals surface area contributed by atoms with E-state index in [-0.39, 0.29) is 23.4 Å². The van der Waals surface area contributed by atoms with E-state index in [9.17, 15) is 9.59 Å².